The number of nitrogens with zero attached hydrogens (tertiary/aromatic N) is 2. The van der Waals surface area contributed by atoms with E-state index in [4.69, 9.17) is 21.1 Å². The summed E-state index contributed by atoms with van der Waals surface area (Å²) in [6.45, 7) is 0. The van der Waals surface area contributed by atoms with Crippen LogP contribution in [-0.4, -0.2) is 31.3 Å². The first-order valence-corrected chi connectivity index (χ1v) is 6.69. The van der Waals surface area contributed by atoms with Crippen molar-refractivity contribution in [2.45, 2.75) is 0 Å². The third kappa shape index (κ3) is 3.53. The summed E-state index contributed by atoms with van der Waals surface area (Å²) in [7, 11) is 3.02. The number of pyridine rings is 1. The van der Waals surface area contributed by atoms with Crippen molar-refractivity contribution in [3.05, 3.63) is 52.8 Å². The Hall–Kier alpha value is -2.60. The molecule has 1 heterocycles. The van der Waals surface area contributed by atoms with Crippen LogP contribution in [0.15, 0.2) is 41.8 Å². The molecule has 6 nitrogen and oxygen atoms in total. The molecule has 1 N–H and O–H groups in total. The number of hydrogen-bond donors (Lipinski definition) is 1. The summed E-state index contributed by atoms with van der Waals surface area (Å²) in [6, 6.07) is 6.60. The molecule has 1 aromatic heterocycles. The van der Waals surface area contributed by atoms with E-state index in [0.717, 1.165) is 0 Å². The number of halogens is 1. The van der Waals surface area contributed by atoms with E-state index < -0.39 is 0 Å². The highest BCUT2D eigenvalue weighted by molar-refractivity contribution is 6.34. The Morgan fingerprint density at radius 3 is 2.59 bits per heavy atom. The Kier molecular flexibility index (Phi) is 5.32. The summed E-state index contributed by atoms with van der Waals surface area (Å²) < 4.78 is 10.3. The minimum absolute atomic E-state index is 0.338. The van der Waals surface area contributed by atoms with Crippen molar-refractivity contribution < 1.29 is 14.3 Å². The molecule has 1 amide bonds. The number of nitrogens with one attached hydrogen (secondary N) is 1. The van der Waals surface area contributed by atoms with Gasteiger partial charge in [0, 0.05) is 23.5 Å². The third-order valence-corrected chi connectivity index (χ3v) is 3.22. The normalized spacial score (nSPS) is 10.5. The fraction of sp³-hybridized carbons (Fsp3) is 0.133. The van der Waals surface area contributed by atoms with E-state index in [9.17, 15) is 4.79 Å². The number of methoxy groups -OCH3 is 2. The number of hydrogen-bond acceptors (Lipinski definition) is 5. The van der Waals surface area contributed by atoms with Crippen LogP contribution in [0.5, 0.6) is 11.5 Å². The van der Waals surface area contributed by atoms with Crippen LogP contribution in [0.1, 0.15) is 15.9 Å². The Bertz CT molecular complexity index is 690. The highest BCUT2D eigenvalue weighted by atomic mass is 35.5. The van der Waals surface area contributed by atoms with Crippen LogP contribution in [0.3, 0.4) is 0 Å². The zero-order chi connectivity index (χ0) is 15.9. The van der Waals surface area contributed by atoms with Crippen LogP contribution in [-0.2, 0) is 0 Å². The topological polar surface area (TPSA) is 72.8 Å². The van der Waals surface area contributed by atoms with Gasteiger partial charge in [0.15, 0.2) is 11.5 Å². The molecule has 7 heteroatoms. The molecular formula is C15H14ClN3O3. The van der Waals surface area contributed by atoms with Crippen LogP contribution in [0.4, 0.5) is 0 Å². The molecule has 0 radical (unpaired) electrons. The summed E-state index contributed by atoms with van der Waals surface area (Å²) in [5.41, 5.74) is 3.47. The zero-order valence-corrected chi connectivity index (χ0v) is 12.8. The van der Waals surface area contributed by atoms with Gasteiger partial charge in [-0.25, -0.2) is 5.43 Å². The van der Waals surface area contributed by atoms with Gasteiger partial charge < -0.3 is 9.47 Å². The molecule has 1 aromatic carbocycles. The number of hydrazone groups is 1. The van der Waals surface area contributed by atoms with E-state index in [1.807, 2.05) is 0 Å². The van der Waals surface area contributed by atoms with Crippen molar-refractivity contribution in [1.29, 1.82) is 0 Å². The van der Waals surface area contributed by atoms with Crippen molar-refractivity contribution in [2.75, 3.05) is 14.2 Å². The molecule has 0 fully saturated rings. The Morgan fingerprint density at radius 1 is 1.23 bits per heavy atom. The number of rotatable bonds is 5. The summed E-state index contributed by atoms with van der Waals surface area (Å²) >= 11 is 6.21. The lowest BCUT2D eigenvalue weighted by Crippen LogP contribution is -2.17. The molecule has 0 saturated carbocycles. The van der Waals surface area contributed by atoms with Crippen LogP contribution in [0.2, 0.25) is 5.02 Å². The second-order valence-electron chi connectivity index (χ2n) is 4.14. The van der Waals surface area contributed by atoms with Crippen LogP contribution in [0, 0.1) is 0 Å². The summed E-state index contributed by atoms with van der Waals surface area (Å²) in [5, 5.41) is 4.23. The smallest absolute Gasteiger partial charge is 0.271 e. The quantitative estimate of drug-likeness (QED) is 0.679. The van der Waals surface area contributed by atoms with E-state index in [-0.39, 0.29) is 5.91 Å². The minimum Gasteiger partial charge on any atom is -0.493 e. The van der Waals surface area contributed by atoms with Gasteiger partial charge in [-0.1, -0.05) is 11.6 Å². The van der Waals surface area contributed by atoms with Crippen molar-refractivity contribution in [3.63, 3.8) is 0 Å². The number of benzene rings is 1. The molecule has 22 heavy (non-hydrogen) atoms. The largest absolute Gasteiger partial charge is 0.493 e. The van der Waals surface area contributed by atoms with Gasteiger partial charge >= 0.3 is 0 Å². The monoisotopic (exact) mass is 319 g/mol. The highest BCUT2D eigenvalue weighted by Gasteiger charge is 2.12. The fourth-order valence-corrected chi connectivity index (χ4v) is 2.01. The Balaban J connectivity index is 2.12. The third-order valence-electron chi connectivity index (χ3n) is 2.83. The van der Waals surface area contributed by atoms with E-state index in [1.165, 1.54) is 32.8 Å². The second kappa shape index (κ2) is 7.42. The SMILES string of the molecule is COc1ccc(/C=N\NC(=O)c2ccncc2)c(Cl)c1OC. The van der Waals surface area contributed by atoms with E-state index in [2.05, 4.69) is 15.5 Å². The van der Waals surface area contributed by atoms with Gasteiger partial charge in [-0.3, -0.25) is 9.78 Å². The lowest BCUT2D eigenvalue weighted by molar-refractivity contribution is 0.0955. The lowest BCUT2D eigenvalue weighted by Gasteiger charge is -2.10. The second-order valence-corrected chi connectivity index (χ2v) is 4.52. The lowest BCUT2D eigenvalue weighted by atomic mass is 10.2. The van der Waals surface area contributed by atoms with Crippen LogP contribution >= 0.6 is 11.6 Å². The molecule has 0 aliphatic carbocycles. The first-order chi connectivity index (χ1) is 10.7. The van der Waals surface area contributed by atoms with Gasteiger partial charge in [0.1, 0.15) is 0 Å². The summed E-state index contributed by atoms with van der Waals surface area (Å²) in [4.78, 5) is 15.7. The molecule has 0 unspecified atom stereocenters. The molecular weight excluding hydrogens is 306 g/mol. The minimum atomic E-state index is -0.338. The van der Waals surface area contributed by atoms with E-state index in [1.54, 1.807) is 24.3 Å². The van der Waals surface area contributed by atoms with Gasteiger partial charge in [-0.2, -0.15) is 5.10 Å². The van der Waals surface area contributed by atoms with E-state index >= 15 is 0 Å². The maximum absolute atomic E-state index is 11.8. The van der Waals surface area contributed by atoms with Gasteiger partial charge in [-0.15, -0.1) is 0 Å². The number of carbonyl (C=O) groups excluding carboxylic acids is 1. The fourth-order valence-electron chi connectivity index (χ4n) is 1.73. The highest BCUT2D eigenvalue weighted by Crippen LogP contribution is 2.36. The number of ether oxygens (including phenoxy) is 2. The molecule has 2 rings (SSSR count). The Labute approximate surface area is 132 Å². The van der Waals surface area contributed by atoms with Crippen LogP contribution < -0.4 is 14.9 Å². The molecule has 0 saturated heterocycles. The maximum atomic E-state index is 11.8. The van der Waals surface area contributed by atoms with Crippen molar-refractivity contribution in [2.24, 2.45) is 5.10 Å². The molecule has 0 spiro atoms. The Morgan fingerprint density at radius 2 is 1.95 bits per heavy atom. The molecule has 0 aliphatic heterocycles. The first-order valence-electron chi connectivity index (χ1n) is 6.31. The summed E-state index contributed by atoms with van der Waals surface area (Å²) in [5.74, 6) is 0.592. The summed E-state index contributed by atoms with van der Waals surface area (Å²) in [6.07, 6.45) is 4.50. The molecule has 0 aliphatic rings. The first kappa shape index (κ1) is 15.8. The molecule has 2 aromatic rings. The van der Waals surface area contributed by atoms with Crippen molar-refractivity contribution in [3.8, 4) is 11.5 Å². The van der Waals surface area contributed by atoms with E-state index in [0.29, 0.717) is 27.6 Å². The standard InChI is InChI=1S/C15H14ClN3O3/c1-21-12-4-3-11(13(16)14(12)22-2)9-18-19-15(20)10-5-7-17-8-6-10/h3-9H,1-2H3,(H,19,20)/b18-9-. The number of carbonyl (C=O) groups is 1. The maximum Gasteiger partial charge on any atom is 0.271 e. The average Bonchev–Trinajstić information content (AvgIpc) is 2.56. The molecule has 0 atom stereocenters. The van der Waals surface area contributed by atoms with Gasteiger partial charge in [0.25, 0.3) is 5.91 Å². The number of amides is 1. The van der Waals surface area contributed by atoms with Gasteiger partial charge in [-0.05, 0) is 24.3 Å². The molecule has 0 bridgehead atoms. The van der Waals surface area contributed by atoms with Gasteiger partial charge in [0.05, 0.1) is 25.5 Å². The zero-order valence-electron chi connectivity index (χ0n) is 12.0. The predicted molar refractivity (Wildman–Crippen MR) is 83.9 cm³/mol. The molecule has 114 valence electrons. The predicted octanol–water partition coefficient (Wildman–Crippen LogP) is 2.52. The van der Waals surface area contributed by atoms with Crippen molar-refractivity contribution >= 4 is 23.7 Å². The van der Waals surface area contributed by atoms with Gasteiger partial charge in [0.2, 0.25) is 0 Å². The van der Waals surface area contributed by atoms with Crippen LogP contribution in [0.25, 0.3) is 0 Å². The van der Waals surface area contributed by atoms with Crippen molar-refractivity contribution in [1.82, 2.24) is 10.4 Å². The number of aromatic nitrogens is 1. The average molecular weight is 320 g/mol.